The summed E-state index contributed by atoms with van der Waals surface area (Å²) in [5, 5.41) is 45.1. The third kappa shape index (κ3) is 13.3. The molecule has 340 valence electrons. The topological polar surface area (TPSA) is 186 Å². The third-order valence-corrected chi connectivity index (χ3v) is 13.0. The van der Waals surface area contributed by atoms with Crippen molar-refractivity contribution in [2.75, 3.05) is 54.6 Å². The van der Waals surface area contributed by atoms with Gasteiger partial charge in [0.15, 0.2) is 18.4 Å². The number of carbonyl (C=O) groups excluding carboxylic acids is 2. The number of hydrogen-bond donors (Lipinski definition) is 4. The Bertz CT molecular complexity index is 1360. The first kappa shape index (κ1) is 49.8. The molecule has 3 saturated heterocycles. The molecule has 15 nitrogen and oxygen atoms in total. The largest absolute Gasteiger partial charge is 0.462 e. The van der Waals surface area contributed by atoms with Crippen LogP contribution < -0.4 is 0 Å². The van der Waals surface area contributed by atoms with Gasteiger partial charge in [0, 0.05) is 32.0 Å². The van der Waals surface area contributed by atoms with Gasteiger partial charge in [0.25, 0.3) is 0 Å². The van der Waals surface area contributed by atoms with Crippen LogP contribution in [0.15, 0.2) is 23.8 Å². The molecule has 17 atom stereocenters. The van der Waals surface area contributed by atoms with Gasteiger partial charge in [-0.25, -0.2) is 0 Å². The minimum atomic E-state index is -1.22. The molecule has 59 heavy (non-hydrogen) atoms. The SMILES string of the molecule is CCC1OC(=O)CC(O)C(C)C(OC2OC(C)C(O)C(N(C)C)C2O)C(CCN2CCCCC2)CC(C)C(=O)C=CC(C)=CC1COC1OC(C)C(O)C(OC)C1OC. The average molecular weight is 841 g/mol. The maximum Gasteiger partial charge on any atom is 0.308 e. The highest BCUT2D eigenvalue weighted by Gasteiger charge is 2.48. The number of likely N-dealkylation sites (tertiary alicyclic amines) is 1. The van der Waals surface area contributed by atoms with Gasteiger partial charge in [-0.1, -0.05) is 44.9 Å². The second kappa shape index (κ2) is 23.5. The normalized spacial score (nSPS) is 41.5. The molecule has 0 saturated carbocycles. The van der Waals surface area contributed by atoms with E-state index in [0.29, 0.717) is 19.3 Å². The number of likely N-dealkylation sites (N-methyl/N-ethyl adjacent to an activating group) is 1. The van der Waals surface area contributed by atoms with Crippen LogP contribution in [-0.4, -0.2) is 176 Å². The van der Waals surface area contributed by atoms with E-state index in [2.05, 4.69) is 4.90 Å². The van der Waals surface area contributed by atoms with Gasteiger partial charge in [0.05, 0.1) is 49.6 Å². The Morgan fingerprint density at radius 2 is 1.49 bits per heavy atom. The van der Waals surface area contributed by atoms with Crippen LogP contribution in [0, 0.1) is 23.7 Å². The lowest BCUT2D eigenvalue weighted by atomic mass is 9.79. The number of allylic oxidation sites excluding steroid dienone is 3. The lowest BCUT2D eigenvalue weighted by Gasteiger charge is -2.47. The first-order valence-corrected chi connectivity index (χ1v) is 21.8. The van der Waals surface area contributed by atoms with Crippen molar-refractivity contribution in [3.63, 3.8) is 0 Å². The molecule has 4 aliphatic rings. The van der Waals surface area contributed by atoms with E-state index in [4.69, 9.17) is 33.2 Å². The highest BCUT2D eigenvalue weighted by molar-refractivity contribution is 5.91. The van der Waals surface area contributed by atoms with Gasteiger partial charge in [-0.3, -0.25) is 9.59 Å². The first-order chi connectivity index (χ1) is 28.0. The molecule has 4 aliphatic heterocycles. The third-order valence-electron chi connectivity index (χ3n) is 13.0. The summed E-state index contributed by atoms with van der Waals surface area (Å²) < 4.78 is 42.5. The predicted octanol–water partition coefficient (Wildman–Crippen LogP) is 2.85. The van der Waals surface area contributed by atoms with Crippen LogP contribution in [0.4, 0.5) is 0 Å². The lowest BCUT2D eigenvalue weighted by Crippen LogP contribution is -2.63. The van der Waals surface area contributed by atoms with Crippen molar-refractivity contribution in [1.82, 2.24) is 9.80 Å². The van der Waals surface area contributed by atoms with Crippen molar-refractivity contribution in [3.8, 4) is 0 Å². The van der Waals surface area contributed by atoms with Crippen molar-refractivity contribution < 1.29 is 63.2 Å². The highest BCUT2D eigenvalue weighted by Crippen LogP contribution is 2.35. The minimum Gasteiger partial charge on any atom is -0.462 e. The number of cyclic esters (lactones) is 1. The lowest BCUT2D eigenvalue weighted by molar-refractivity contribution is -0.304. The van der Waals surface area contributed by atoms with Gasteiger partial charge in [-0.2, -0.15) is 0 Å². The Morgan fingerprint density at radius 1 is 0.847 bits per heavy atom. The number of ether oxygens (including phenoxy) is 7. The Balaban J connectivity index is 1.67. The smallest absolute Gasteiger partial charge is 0.308 e. The molecular formula is C44H76N2O13. The first-order valence-electron chi connectivity index (χ1n) is 21.8. The summed E-state index contributed by atoms with van der Waals surface area (Å²) in [6, 6.07) is -0.678. The molecule has 0 bridgehead atoms. The number of ketones is 1. The van der Waals surface area contributed by atoms with Gasteiger partial charge < -0.3 is 63.4 Å². The van der Waals surface area contributed by atoms with Gasteiger partial charge >= 0.3 is 5.97 Å². The van der Waals surface area contributed by atoms with Crippen LogP contribution in [0.5, 0.6) is 0 Å². The predicted molar refractivity (Wildman–Crippen MR) is 220 cm³/mol. The molecule has 0 radical (unpaired) electrons. The van der Waals surface area contributed by atoms with Gasteiger partial charge in [-0.05, 0) is 98.6 Å². The van der Waals surface area contributed by atoms with E-state index in [9.17, 15) is 30.0 Å². The molecule has 0 aromatic heterocycles. The fraction of sp³-hybridized carbons (Fsp3) is 0.864. The number of carbonyl (C=O) groups is 2. The Morgan fingerprint density at radius 3 is 2.12 bits per heavy atom. The molecule has 4 rings (SSSR count). The Hall–Kier alpha value is -1.86. The van der Waals surface area contributed by atoms with E-state index < -0.39 is 103 Å². The van der Waals surface area contributed by atoms with Crippen LogP contribution in [0.3, 0.4) is 0 Å². The standard InChI is InChI=1S/C44H76N2O13/c1-11-34-31(24-55-44-42(54-10)41(53-9)38(51)29(6)57-44)21-25(2)15-16-32(47)26(3)22-30(17-20-46-18-13-12-14-19-46)40(27(4)33(48)23-35(49)58-34)59-43-39(52)36(45(7)8)37(50)28(5)56-43/h15-16,21,26-31,33-34,36-44,48,50-52H,11-14,17-20,22-24H2,1-10H3. The molecule has 0 spiro atoms. The molecule has 0 aromatic rings. The fourth-order valence-corrected chi connectivity index (χ4v) is 9.22. The Labute approximate surface area is 352 Å². The van der Waals surface area contributed by atoms with E-state index in [1.54, 1.807) is 45.0 Å². The number of aliphatic hydroxyl groups excluding tert-OH is 4. The van der Waals surface area contributed by atoms with E-state index in [0.717, 1.165) is 38.0 Å². The number of nitrogens with zero attached hydrogens (tertiary/aromatic N) is 2. The molecule has 0 aromatic carbocycles. The summed E-state index contributed by atoms with van der Waals surface area (Å²) in [5.41, 5.74) is 0.763. The van der Waals surface area contributed by atoms with E-state index in [1.165, 1.54) is 20.6 Å². The van der Waals surface area contributed by atoms with Crippen molar-refractivity contribution >= 4 is 11.8 Å². The monoisotopic (exact) mass is 841 g/mol. The zero-order valence-electron chi connectivity index (χ0n) is 37.2. The summed E-state index contributed by atoms with van der Waals surface area (Å²) >= 11 is 0. The molecule has 4 heterocycles. The molecule has 0 amide bonds. The van der Waals surface area contributed by atoms with Crippen molar-refractivity contribution in [2.24, 2.45) is 23.7 Å². The quantitative estimate of drug-likeness (QED) is 0.210. The average Bonchev–Trinajstić information content (AvgIpc) is 3.20. The van der Waals surface area contributed by atoms with Crippen LogP contribution in [0.2, 0.25) is 0 Å². The van der Waals surface area contributed by atoms with Gasteiger partial charge in [-0.15, -0.1) is 0 Å². The molecule has 17 unspecified atom stereocenters. The van der Waals surface area contributed by atoms with Crippen molar-refractivity contribution in [3.05, 3.63) is 23.8 Å². The Kier molecular flexibility index (Phi) is 19.9. The van der Waals surface area contributed by atoms with Crippen LogP contribution in [0.1, 0.15) is 86.5 Å². The number of esters is 1. The van der Waals surface area contributed by atoms with Gasteiger partial charge in [0.1, 0.15) is 30.5 Å². The number of hydrogen-bond acceptors (Lipinski definition) is 15. The number of methoxy groups -OCH3 is 2. The maximum atomic E-state index is 13.9. The molecule has 0 aliphatic carbocycles. The summed E-state index contributed by atoms with van der Waals surface area (Å²) in [5.74, 6) is -2.50. The van der Waals surface area contributed by atoms with E-state index in [1.807, 2.05) is 33.8 Å². The summed E-state index contributed by atoms with van der Waals surface area (Å²) in [7, 11) is 6.53. The van der Waals surface area contributed by atoms with E-state index in [-0.39, 0.29) is 24.7 Å². The van der Waals surface area contributed by atoms with E-state index >= 15 is 0 Å². The minimum absolute atomic E-state index is 0.0451. The number of rotatable bonds is 12. The number of piperidine rings is 1. The molecule has 4 N–H and O–H groups in total. The summed E-state index contributed by atoms with van der Waals surface area (Å²) in [6.45, 7) is 13.7. The molecular weight excluding hydrogens is 764 g/mol. The van der Waals surface area contributed by atoms with Crippen molar-refractivity contribution in [1.29, 1.82) is 0 Å². The van der Waals surface area contributed by atoms with Crippen LogP contribution >= 0.6 is 0 Å². The zero-order chi connectivity index (χ0) is 43.6. The van der Waals surface area contributed by atoms with Crippen LogP contribution in [0.25, 0.3) is 0 Å². The zero-order valence-corrected chi connectivity index (χ0v) is 37.2. The fourth-order valence-electron chi connectivity index (χ4n) is 9.22. The summed E-state index contributed by atoms with van der Waals surface area (Å²) in [6.07, 6.45) is -0.601. The molecule has 3 fully saturated rings. The molecule has 15 heteroatoms. The van der Waals surface area contributed by atoms with Crippen LogP contribution in [-0.2, 0) is 42.7 Å². The summed E-state index contributed by atoms with van der Waals surface area (Å²) in [4.78, 5) is 31.9. The maximum absolute atomic E-state index is 13.9. The number of aliphatic hydroxyl groups is 4. The second-order valence-corrected chi connectivity index (χ2v) is 17.6. The van der Waals surface area contributed by atoms with Gasteiger partial charge in [0.2, 0.25) is 0 Å². The van der Waals surface area contributed by atoms with Crippen molar-refractivity contribution in [2.45, 2.75) is 166 Å². The highest BCUT2D eigenvalue weighted by atomic mass is 16.7. The second-order valence-electron chi connectivity index (χ2n) is 17.6.